The quantitative estimate of drug-likeness (QED) is 0.495. The van der Waals surface area contributed by atoms with Crippen molar-refractivity contribution >= 4 is 5.91 Å². The van der Waals surface area contributed by atoms with Gasteiger partial charge in [0.25, 0.3) is 0 Å². The molecule has 0 aromatic heterocycles. The minimum Gasteiger partial charge on any atom is -0.351 e. The Morgan fingerprint density at radius 2 is 2.17 bits per heavy atom. The van der Waals surface area contributed by atoms with Crippen LogP contribution in [0.4, 0.5) is 0 Å². The van der Waals surface area contributed by atoms with Gasteiger partial charge in [0.05, 0.1) is 12.2 Å². The van der Waals surface area contributed by atoms with Crippen LogP contribution < -0.4 is 5.32 Å². The largest absolute Gasteiger partial charge is 0.351 e. The van der Waals surface area contributed by atoms with E-state index in [0.717, 1.165) is 0 Å². The number of amides is 1. The Kier molecular flexibility index (Phi) is 4.67. The van der Waals surface area contributed by atoms with Crippen molar-refractivity contribution < 1.29 is 4.79 Å². The number of nitrogens with zero attached hydrogens (tertiary/aromatic N) is 3. The standard InChI is InChI=1S/C7H14N4O/c1-6(5-8-7(2)12)9-10-11(3)4/h1,5H2,2-4H3,(H,8,12). The number of nitrogens with one attached hydrogen (secondary N) is 1. The van der Waals surface area contributed by atoms with Crippen LogP contribution in [0.5, 0.6) is 0 Å². The lowest BCUT2D eigenvalue weighted by Gasteiger charge is -2.02. The molecule has 0 saturated carbocycles. The summed E-state index contributed by atoms with van der Waals surface area (Å²) in [5.74, 6) is -0.101. The van der Waals surface area contributed by atoms with Gasteiger partial charge in [0, 0.05) is 21.0 Å². The molecule has 68 valence electrons. The van der Waals surface area contributed by atoms with Gasteiger partial charge >= 0.3 is 0 Å². The minimum atomic E-state index is -0.101. The number of hydrogen-bond acceptors (Lipinski definition) is 3. The van der Waals surface area contributed by atoms with Crippen molar-refractivity contribution in [2.45, 2.75) is 6.92 Å². The van der Waals surface area contributed by atoms with Crippen LogP contribution >= 0.6 is 0 Å². The van der Waals surface area contributed by atoms with Crippen LogP contribution in [0.15, 0.2) is 22.6 Å². The second-order valence-corrected chi connectivity index (χ2v) is 2.51. The van der Waals surface area contributed by atoms with E-state index in [9.17, 15) is 4.79 Å². The van der Waals surface area contributed by atoms with Gasteiger partial charge in [-0.2, -0.15) is 0 Å². The Hall–Kier alpha value is -1.39. The van der Waals surface area contributed by atoms with Crippen LogP contribution in [-0.4, -0.2) is 31.6 Å². The van der Waals surface area contributed by atoms with Crippen LogP contribution in [0.3, 0.4) is 0 Å². The summed E-state index contributed by atoms with van der Waals surface area (Å²) in [6, 6.07) is 0. The molecule has 0 heterocycles. The molecule has 1 amide bonds. The molecule has 0 spiro atoms. The van der Waals surface area contributed by atoms with Crippen LogP contribution in [0, 0.1) is 0 Å². The first-order valence-corrected chi connectivity index (χ1v) is 3.53. The van der Waals surface area contributed by atoms with Gasteiger partial charge in [-0.15, -0.1) is 5.11 Å². The Balaban J connectivity index is 3.67. The molecule has 0 aliphatic rings. The van der Waals surface area contributed by atoms with Crippen LogP contribution in [0.2, 0.25) is 0 Å². The molecular formula is C7H14N4O. The summed E-state index contributed by atoms with van der Waals surface area (Å²) >= 11 is 0. The molecule has 5 heteroatoms. The third-order valence-electron chi connectivity index (χ3n) is 0.906. The molecule has 0 fully saturated rings. The molecule has 0 unspecified atom stereocenters. The molecule has 0 aliphatic heterocycles. The molecular weight excluding hydrogens is 156 g/mol. The van der Waals surface area contributed by atoms with Gasteiger partial charge in [-0.25, -0.2) is 0 Å². The van der Waals surface area contributed by atoms with Crippen LogP contribution in [0.1, 0.15) is 6.92 Å². The number of hydrogen-bond donors (Lipinski definition) is 1. The molecule has 1 N–H and O–H groups in total. The van der Waals surface area contributed by atoms with Crippen molar-refractivity contribution in [3.8, 4) is 0 Å². The van der Waals surface area contributed by atoms with E-state index in [-0.39, 0.29) is 5.91 Å². The average Bonchev–Trinajstić information content (AvgIpc) is 1.96. The summed E-state index contributed by atoms with van der Waals surface area (Å²) < 4.78 is 0. The summed E-state index contributed by atoms with van der Waals surface area (Å²) in [5.41, 5.74) is 0.527. The van der Waals surface area contributed by atoms with Crippen molar-refractivity contribution in [1.29, 1.82) is 0 Å². The summed E-state index contributed by atoms with van der Waals surface area (Å²) in [6.07, 6.45) is 0. The average molecular weight is 170 g/mol. The minimum absolute atomic E-state index is 0.101. The highest BCUT2D eigenvalue weighted by Gasteiger charge is 1.92. The fraction of sp³-hybridized carbons (Fsp3) is 0.571. The molecule has 5 nitrogen and oxygen atoms in total. The van der Waals surface area contributed by atoms with Gasteiger partial charge in [-0.1, -0.05) is 11.8 Å². The fourth-order valence-electron chi connectivity index (χ4n) is 0.415. The first kappa shape index (κ1) is 10.6. The summed E-state index contributed by atoms with van der Waals surface area (Å²) in [5, 5.41) is 11.6. The molecule has 0 aromatic rings. The first-order chi connectivity index (χ1) is 5.52. The maximum atomic E-state index is 10.5. The number of carbonyl (C=O) groups is 1. The van der Waals surface area contributed by atoms with Gasteiger partial charge in [-0.05, 0) is 0 Å². The Labute approximate surface area is 72.1 Å². The molecule has 0 aliphatic carbocycles. The van der Waals surface area contributed by atoms with Crippen molar-refractivity contribution in [3.63, 3.8) is 0 Å². The van der Waals surface area contributed by atoms with Crippen molar-refractivity contribution in [2.75, 3.05) is 20.6 Å². The van der Waals surface area contributed by atoms with E-state index in [4.69, 9.17) is 0 Å². The SMILES string of the molecule is C=C(CNC(C)=O)N=NN(C)C. The Bertz CT molecular complexity index is 198. The normalized spacial score (nSPS) is 9.92. The second kappa shape index (κ2) is 5.29. The van der Waals surface area contributed by atoms with E-state index >= 15 is 0 Å². The lowest BCUT2D eigenvalue weighted by molar-refractivity contribution is -0.118. The van der Waals surface area contributed by atoms with Gasteiger partial charge in [0.1, 0.15) is 0 Å². The molecule has 0 rings (SSSR count). The van der Waals surface area contributed by atoms with E-state index in [0.29, 0.717) is 12.2 Å². The highest BCUT2D eigenvalue weighted by atomic mass is 16.1. The zero-order valence-corrected chi connectivity index (χ0v) is 7.66. The van der Waals surface area contributed by atoms with E-state index in [1.54, 1.807) is 19.1 Å². The van der Waals surface area contributed by atoms with Crippen molar-refractivity contribution in [2.24, 2.45) is 10.3 Å². The molecule has 0 bridgehead atoms. The van der Waals surface area contributed by atoms with Gasteiger partial charge < -0.3 is 5.32 Å². The smallest absolute Gasteiger partial charge is 0.217 e. The third-order valence-corrected chi connectivity index (χ3v) is 0.906. The predicted molar refractivity (Wildman–Crippen MR) is 46.4 cm³/mol. The zero-order chi connectivity index (χ0) is 9.56. The maximum Gasteiger partial charge on any atom is 0.217 e. The van der Waals surface area contributed by atoms with Crippen LogP contribution in [-0.2, 0) is 4.79 Å². The van der Waals surface area contributed by atoms with Crippen molar-refractivity contribution in [1.82, 2.24) is 10.3 Å². The van der Waals surface area contributed by atoms with E-state index in [1.807, 2.05) is 0 Å². The lowest BCUT2D eigenvalue weighted by atomic mass is 10.5. The topological polar surface area (TPSA) is 57.1 Å². The predicted octanol–water partition coefficient (Wildman–Crippen LogP) is 0.565. The molecule has 0 saturated heterocycles. The number of carbonyl (C=O) groups excluding carboxylic acids is 1. The summed E-state index contributed by atoms with van der Waals surface area (Å²) in [7, 11) is 3.52. The van der Waals surface area contributed by atoms with Gasteiger partial charge in [0.2, 0.25) is 5.91 Å². The lowest BCUT2D eigenvalue weighted by Crippen LogP contribution is -2.21. The first-order valence-electron chi connectivity index (χ1n) is 3.53. The fourth-order valence-corrected chi connectivity index (χ4v) is 0.415. The molecule has 0 aromatic carbocycles. The molecule has 0 atom stereocenters. The highest BCUT2D eigenvalue weighted by molar-refractivity contribution is 5.73. The molecule has 0 radical (unpaired) electrons. The second-order valence-electron chi connectivity index (χ2n) is 2.51. The Morgan fingerprint density at radius 3 is 2.58 bits per heavy atom. The molecule has 12 heavy (non-hydrogen) atoms. The summed E-state index contributed by atoms with van der Waals surface area (Å²) in [4.78, 5) is 10.5. The highest BCUT2D eigenvalue weighted by Crippen LogP contribution is 1.91. The van der Waals surface area contributed by atoms with Crippen molar-refractivity contribution in [3.05, 3.63) is 12.3 Å². The third kappa shape index (κ3) is 6.73. The van der Waals surface area contributed by atoms with Gasteiger partial charge in [-0.3, -0.25) is 9.80 Å². The Morgan fingerprint density at radius 1 is 1.58 bits per heavy atom. The van der Waals surface area contributed by atoms with Crippen LogP contribution in [0.25, 0.3) is 0 Å². The monoisotopic (exact) mass is 170 g/mol. The van der Waals surface area contributed by atoms with Gasteiger partial charge in [0.15, 0.2) is 0 Å². The van der Waals surface area contributed by atoms with E-state index < -0.39 is 0 Å². The van der Waals surface area contributed by atoms with E-state index in [2.05, 4.69) is 22.2 Å². The zero-order valence-electron chi connectivity index (χ0n) is 7.66. The summed E-state index contributed by atoms with van der Waals surface area (Å²) in [6.45, 7) is 5.38. The number of rotatable bonds is 4. The van der Waals surface area contributed by atoms with E-state index in [1.165, 1.54) is 6.92 Å². The maximum absolute atomic E-state index is 10.5.